The monoisotopic (exact) mass is 507 g/mol. The highest BCUT2D eigenvalue weighted by Gasteiger charge is 2.46. The third-order valence-electron chi connectivity index (χ3n) is 5.11. The standard InChI is InChI=1S/C23H16Cl3NO4S/c1-31-22-16(25)9-13(10-17(22)26)20(28)18-19(12-4-6-14(24)7-5-12)27(23(30)21(18)29)11-15-3-2-8-32-15/h2-10,19,28H,11H2,1H3/b20-18+. The van der Waals surface area contributed by atoms with E-state index in [0.29, 0.717) is 10.6 Å². The number of methoxy groups -OCH3 is 1. The number of thiophene rings is 1. The quantitative estimate of drug-likeness (QED) is 0.248. The summed E-state index contributed by atoms with van der Waals surface area (Å²) in [4.78, 5) is 28.4. The number of ether oxygens (including phenoxy) is 1. The first-order valence-corrected chi connectivity index (χ1v) is 11.4. The molecule has 1 aliphatic heterocycles. The van der Waals surface area contributed by atoms with Gasteiger partial charge in [0, 0.05) is 15.5 Å². The number of likely N-dealkylation sites (tertiary alicyclic amines) is 1. The number of hydrogen-bond acceptors (Lipinski definition) is 5. The minimum absolute atomic E-state index is 0.0498. The molecule has 2 aromatic carbocycles. The number of carbonyl (C=O) groups is 2. The molecule has 0 aliphatic carbocycles. The Kier molecular flexibility index (Phi) is 6.49. The van der Waals surface area contributed by atoms with Crippen LogP contribution in [0.25, 0.3) is 5.76 Å². The van der Waals surface area contributed by atoms with Gasteiger partial charge in [0.05, 0.1) is 35.3 Å². The van der Waals surface area contributed by atoms with Crippen molar-refractivity contribution >= 4 is 63.6 Å². The summed E-state index contributed by atoms with van der Waals surface area (Å²) in [6, 6.07) is 12.6. The van der Waals surface area contributed by atoms with Crippen molar-refractivity contribution in [3.05, 3.63) is 90.6 Å². The van der Waals surface area contributed by atoms with Crippen LogP contribution in [0.2, 0.25) is 15.1 Å². The molecule has 0 saturated carbocycles. The van der Waals surface area contributed by atoms with Crippen LogP contribution < -0.4 is 4.74 Å². The number of amides is 1. The zero-order valence-corrected chi connectivity index (χ0v) is 19.7. The van der Waals surface area contributed by atoms with E-state index in [1.807, 2.05) is 17.5 Å². The van der Waals surface area contributed by atoms with E-state index in [2.05, 4.69) is 0 Å². The van der Waals surface area contributed by atoms with Crippen LogP contribution in [-0.4, -0.2) is 28.8 Å². The predicted molar refractivity (Wildman–Crippen MR) is 127 cm³/mol. The molecule has 1 atom stereocenters. The number of Topliss-reactive ketones (excluding diaryl/α,β-unsaturated/α-hetero) is 1. The molecule has 1 fully saturated rings. The molecule has 5 nitrogen and oxygen atoms in total. The maximum absolute atomic E-state index is 13.1. The molecule has 164 valence electrons. The Morgan fingerprint density at radius 1 is 1.09 bits per heavy atom. The zero-order valence-electron chi connectivity index (χ0n) is 16.6. The first kappa shape index (κ1) is 22.7. The largest absolute Gasteiger partial charge is 0.507 e. The van der Waals surface area contributed by atoms with Crippen LogP contribution in [0.15, 0.2) is 59.5 Å². The molecule has 1 aliphatic rings. The van der Waals surface area contributed by atoms with Crippen LogP contribution in [-0.2, 0) is 16.1 Å². The number of benzene rings is 2. The van der Waals surface area contributed by atoms with Crippen LogP contribution >= 0.6 is 46.1 Å². The van der Waals surface area contributed by atoms with E-state index >= 15 is 0 Å². The van der Waals surface area contributed by atoms with Crippen LogP contribution in [0.3, 0.4) is 0 Å². The molecule has 0 spiro atoms. The summed E-state index contributed by atoms with van der Waals surface area (Å²) in [6.07, 6.45) is 0. The van der Waals surface area contributed by atoms with Crippen LogP contribution in [0.1, 0.15) is 22.0 Å². The molecule has 0 radical (unpaired) electrons. The molecule has 1 unspecified atom stereocenters. The Morgan fingerprint density at radius 2 is 1.75 bits per heavy atom. The third-order valence-corrected chi connectivity index (χ3v) is 6.78. The number of nitrogens with zero attached hydrogens (tertiary/aromatic N) is 1. The van der Waals surface area contributed by atoms with Gasteiger partial charge in [-0.25, -0.2) is 0 Å². The van der Waals surface area contributed by atoms with Crippen molar-refractivity contribution in [1.82, 2.24) is 4.90 Å². The zero-order chi connectivity index (χ0) is 23.0. The second-order valence-electron chi connectivity index (χ2n) is 7.03. The smallest absolute Gasteiger partial charge is 0.295 e. The molecule has 9 heteroatoms. The van der Waals surface area contributed by atoms with E-state index in [1.165, 1.54) is 35.5 Å². The predicted octanol–water partition coefficient (Wildman–Crippen LogP) is 6.34. The summed E-state index contributed by atoms with van der Waals surface area (Å²) in [5.74, 6) is -1.62. The van der Waals surface area contributed by atoms with Crippen LogP contribution in [0.5, 0.6) is 5.75 Å². The molecule has 1 amide bonds. The Bertz CT molecular complexity index is 1200. The Hall–Kier alpha value is -2.51. The minimum Gasteiger partial charge on any atom is -0.507 e. The van der Waals surface area contributed by atoms with Gasteiger partial charge in [-0.15, -0.1) is 11.3 Å². The maximum atomic E-state index is 13.1. The first-order valence-electron chi connectivity index (χ1n) is 9.41. The van der Waals surface area contributed by atoms with Gasteiger partial charge >= 0.3 is 0 Å². The Labute approximate surface area is 203 Å². The van der Waals surface area contributed by atoms with Gasteiger partial charge in [0.1, 0.15) is 5.76 Å². The van der Waals surface area contributed by atoms with Crippen molar-refractivity contribution in [3.8, 4) is 5.75 Å². The van der Waals surface area contributed by atoms with Gasteiger partial charge in [-0.05, 0) is 41.3 Å². The molecule has 4 rings (SSSR count). The Morgan fingerprint density at radius 3 is 2.31 bits per heavy atom. The van der Waals surface area contributed by atoms with Crippen LogP contribution in [0, 0.1) is 0 Å². The fraction of sp³-hybridized carbons (Fsp3) is 0.130. The molecule has 3 aromatic rings. The van der Waals surface area contributed by atoms with Gasteiger partial charge in [0.25, 0.3) is 11.7 Å². The summed E-state index contributed by atoms with van der Waals surface area (Å²) in [6.45, 7) is 0.219. The van der Waals surface area contributed by atoms with Gasteiger partial charge in [-0.1, -0.05) is 53.0 Å². The lowest BCUT2D eigenvalue weighted by Crippen LogP contribution is -2.28. The average molecular weight is 509 g/mol. The first-order chi connectivity index (χ1) is 15.3. The van der Waals surface area contributed by atoms with E-state index in [4.69, 9.17) is 39.5 Å². The second-order valence-corrected chi connectivity index (χ2v) is 9.31. The lowest BCUT2D eigenvalue weighted by Gasteiger charge is -2.25. The normalized spacial score (nSPS) is 17.8. The lowest BCUT2D eigenvalue weighted by atomic mass is 9.95. The highest BCUT2D eigenvalue weighted by atomic mass is 35.5. The summed E-state index contributed by atoms with van der Waals surface area (Å²) < 4.78 is 5.15. The maximum Gasteiger partial charge on any atom is 0.295 e. The molecule has 0 bridgehead atoms. The molecule has 1 saturated heterocycles. The number of rotatable bonds is 5. The summed E-state index contributed by atoms with van der Waals surface area (Å²) >= 11 is 20.0. The van der Waals surface area contributed by atoms with Gasteiger partial charge in [-0.2, -0.15) is 0 Å². The SMILES string of the molecule is COc1c(Cl)cc(/C(O)=C2\C(=O)C(=O)N(Cc3cccs3)C2c2ccc(Cl)cc2)cc1Cl. The fourth-order valence-corrected chi connectivity index (χ4v) is 5.12. The average Bonchev–Trinajstić information content (AvgIpc) is 3.36. The van der Waals surface area contributed by atoms with Gasteiger partial charge < -0.3 is 14.7 Å². The van der Waals surface area contributed by atoms with Crippen molar-refractivity contribution < 1.29 is 19.4 Å². The fourth-order valence-electron chi connectivity index (χ4n) is 3.65. The van der Waals surface area contributed by atoms with Crippen molar-refractivity contribution in [1.29, 1.82) is 0 Å². The molecule has 1 aromatic heterocycles. The van der Waals surface area contributed by atoms with Gasteiger partial charge in [0.2, 0.25) is 0 Å². The number of aliphatic hydroxyl groups is 1. The molecule has 32 heavy (non-hydrogen) atoms. The highest BCUT2D eigenvalue weighted by Crippen LogP contribution is 2.42. The van der Waals surface area contributed by atoms with Crippen molar-refractivity contribution in [2.75, 3.05) is 7.11 Å². The van der Waals surface area contributed by atoms with Gasteiger partial charge in [-0.3, -0.25) is 9.59 Å². The summed E-state index contributed by atoms with van der Waals surface area (Å²) in [5.41, 5.74) is 0.789. The number of halogens is 3. The number of hydrogen-bond donors (Lipinski definition) is 1. The van der Waals surface area contributed by atoms with E-state index in [1.54, 1.807) is 24.3 Å². The van der Waals surface area contributed by atoms with Crippen LogP contribution in [0.4, 0.5) is 0 Å². The highest BCUT2D eigenvalue weighted by molar-refractivity contribution is 7.09. The summed E-state index contributed by atoms with van der Waals surface area (Å²) in [7, 11) is 1.42. The lowest BCUT2D eigenvalue weighted by molar-refractivity contribution is -0.140. The molecule has 1 N–H and O–H groups in total. The van der Waals surface area contributed by atoms with E-state index in [-0.39, 0.29) is 39.2 Å². The van der Waals surface area contributed by atoms with E-state index < -0.39 is 17.7 Å². The minimum atomic E-state index is -0.811. The number of carbonyl (C=O) groups excluding carboxylic acids is 2. The molecule has 2 heterocycles. The van der Waals surface area contributed by atoms with Crippen molar-refractivity contribution in [3.63, 3.8) is 0 Å². The summed E-state index contributed by atoms with van der Waals surface area (Å²) in [5, 5.41) is 13.9. The van der Waals surface area contributed by atoms with Crippen molar-refractivity contribution in [2.24, 2.45) is 0 Å². The Balaban J connectivity index is 1.89. The molecular weight excluding hydrogens is 493 g/mol. The third kappa shape index (κ3) is 4.11. The van der Waals surface area contributed by atoms with E-state index in [0.717, 1.165) is 4.88 Å². The van der Waals surface area contributed by atoms with E-state index in [9.17, 15) is 14.7 Å². The molecular formula is C23H16Cl3NO4S. The number of ketones is 1. The second kappa shape index (κ2) is 9.16. The van der Waals surface area contributed by atoms with Crippen molar-refractivity contribution in [2.45, 2.75) is 12.6 Å². The number of aliphatic hydroxyl groups excluding tert-OH is 1. The van der Waals surface area contributed by atoms with Gasteiger partial charge in [0.15, 0.2) is 5.75 Å². The topological polar surface area (TPSA) is 66.8 Å².